The molecule has 78 valence electrons. The summed E-state index contributed by atoms with van der Waals surface area (Å²) >= 11 is 0. The van der Waals surface area contributed by atoms with Crippen LogP contribution in [0.4, 0.5) is 14.6 Å². The molecule has 0 fully saturated rings. The predicted molar refractivity (Wildman–Crippen MR) is 49.4 cm³/mol. The van der Waals surface area contributed by atoms with Crippen LogP contribution in [0.25, 0.3) is 0 Å². The third-order valence-electron chi connectivity index (χ3n) is 1.72. The lowest BCUT2D eigenvalue weighted by atomic mass is 10.1. The van der Waals surface area contributed by atoms with Crippen molar-refractivity contribution in [1.82, 2.24) is 4.98 Å². The van der Waals surface area contributed by atoms with Gasteiger partial charge in [-0.15, -0.1) is 0 Å². The van der Waals surface area contributed by atoms with E-state index in [0.717, 1.165) is 5.69 Å². The largest absolute Gasteiger partial charge is 0.431 e. The lowest BCUT2D eigenvalue weighted by Crippen LogP contribution is -2.06. The maximum absolute atomic E-state index is 11.9. The highest BCUT2D eigenvalue weighted by Crippen LogP contribution is 2.23. The van der Waals surface area contributed by atoms with Crippen LogP contribution in [0.15, 0.2) is 12.1 Å². The summed E-state index contributed by atoms with van der Waals surface area (Å²) in [6.07, 6.45) is 0. The summed E-state index contributed by atoms with van der Waals surface area (Å²) in [4.78, 5) is 3.95. The van der Waals surface area contributed by atoms with E-state index < -0.39 is 6.61 Å². The molecule has 2 N–H and O–H groups in total. The molecule has 0 amide bonds. The van der Waals surface area contributed by atoms with Crippen LogP contribution in [-0.4, -0.2) is 11.6 Å². The summed E-state index contributed by atoms with van der Waals surface area (Å²) in [5.41, 5.74) is 6.19. The fourth-order valence-corrected chi connectivity index (χ4v) is 0.995. The number of anilines is 1. The fraction of sp³-hybridized carbons (Fsp3) is 0.444. The van der Waals surface area contributed by atoms with Gasteiger partial charge < -0.3 is 10.5 Å². The Morgan fingerprint density at radius 2 is 2.00 bits per heavy atom. The number of rotatable bonds is 3. The monoisotopic (exact) mass is 202 g/mol. The van der Waals surface area contributed by atoms with Crippen LogP contribution in [0, 0.1) is 0 Å². The van der Waals surface area contributed by atoms with Crippen molar-refractivity contribution in [1.29, 1.82) is 0 Å². The van der Waals surface area contributed by atoms with E-state index in [1.54, 1.807) is 6.07 Å². The molecule has 5 heteroatoms. The molecular formula is C9H12F2N2O. The van der Waals surface area contributed by atoms with E-state index >= 15 is 0 Å². The van der Waals surface area contributed by atoms with Crippen LogP contribution in [0.5, 0.6) is 5.75 Å². The lowest BCUT2D eigenvalue weighted by Gasteiger charge is -2.09. The minimum Gasteiger partial charge on any atom is -0.431 e. The van der Waals surface area contributed by atoms with Crippen LogP contribution in [0.2, 0.25) is 0 Å². The first-order valence-electron chi connectivity index (χ1n) is 4.22. The number of nitrogen functional groups attached to an aromatic ring is 1. The molecule has 1 aromatic heterocycles. The zero-order valence-electron chi connectivity index (χ0n) is 8.00. The van der Waals surface area contributed by atoms with Crippen molar-refractivity contribution in [2.45, 2.75) is 26.4 Å². The molecule has 0 unspecified atom stereocenters. The van der Waals surface area contributed by atoms with E-state index in [4.69, 9.17) is 5.73 Å². The highest BCUT2D eigenvalue weighted by atomic mass is 19.3. The topological polar surface area (TPSA) is 48.1 Å². The number of hydrogen-bond acceptors (Lipinski definition) is 3. The molecule has 0 aromatic carbocycles. The van der Waals surface area contributed by atoms with Gasteiger partial charge in [0.25, 0.3) is 0 Å². The minimum absolute atomic E-state index is 0.00324. The van der Waals surface area contributed by atoms with Gasteiger partial charge in [-0.3, -0.25) is 0 Å². The summed E-state index contributed by atoms with van der Waals surface area (Å²) < 4.78 is 27.9. The molecule has 0 spiro atoms. The first-order chi connectivity index (χ1) is 6.50. The van der Waals surface area contributed by atoms with E-state index in [0.29, 0.717) is 0 Å². The van der Waals surface area contributed by atoms with Gasteiger partial charge in [-0.25, -0.2) is 4.98 Å². The Bertz CT molecular complexity index is 316. The molecule has 1 rings (SSSR count). The second-order valence-corrected chi connectivity index (χ2v) is 3.15. The molecule has 0 aliphatic carbocycles. The van der Waals surface area contributed by atoms with Crippen molar-refractivity contribution in [2.24, 2.45) is 0 Å². The number of aromatic nitrogens is 1. The van der Waals surface area contributed by atoms with Gasteiger partial charge in [0.2, 0.25) is 0 Å². The van der Waals surface area contributed by atoms with Gasteiger partial charge in [0, 0.05) is 5.69 Å². The summed E-state index contributed by atoms with van der Waals surface area (Å²) in [6.45, 7) is 1.01. The van der Waals surface area contributed by atoms with Crippen LogP contribution in [-0.2, 0) is 0 Å². The van der Waals surface area contributed by atoms with Crippen molar-refractivity contribution >= 4 is 5.82 Å². The van der Waals surface area contributed by atoms with E-state index in [1.807, 2.05) is 13.8 Å². The molecule has 0 atom stereocenters. The van der Waals surface area contributed by atoms with Crippen molar-refractivity contribution in [3.63, 3.8) is 0 Å². The second kappa shape index (κ2) is 4.21. The van der Waals surface area contributed by atoms with Crippen molar-refractivity contribution in [3.8, 4) is 5.75 Å². The van der Waals surface area contributed by atoms with Gasteiger partial charge in [0.05, 0.1) is 0 Å². The quantitative estimate of drug-likeness (QED) is 0.818. The first-order valence-corrected chi connectivity index (χ1v) is 4.22. The highest BCUT2D eigenvalue weighted by Gasteiger charge is 2.10. The maximum Gasteiger partial charge on any atom is 0.387 e. The zero-order valence-corrected chi connectivity index (χ0v) is 8.00. The number of nitrogens with zero attached hydrogens (tertiary/aromatic N) is 1. The molecule has 0 aliphatic heterocycles. The van der Waals surface area contributed by atoms with Gasteiger partial charge in [-0.1, -0.05) is 13.8 Å². The summed E-state index contributed by atoms with van der Waals surface area (Å²) in [6, 6.07) is 3.03. The van der Waals surface area contributed by atoms with Crippen LogP contribution >= 0.6 is 0 Å². The molecule has 3 nitrogen and oxygen atoms in total. The molecule has 1 aromatic rings. The molecule has 14 heavy (non-hydrogen) atoms. The fourth-order valence-electron chi connectivity index (χ4n) is 0.995. The van der Waals surface area contributed by atoms with Crippen molar-refractivity contribution < 1.29 is 13.5 Å². The normalized spacial score (nSPS) is 11.0. The van der Waals surface area contributed by atoms with Gasteiger partial charge in [0.1, 0.15) is 0 Å². The number of hydrogen-bond donors (Lipinski definition) is 1. The van der Waals surface area contributed by atoms with E-state index in [-0.39, 0.29) is 17.5 Å². The van der Waals surface area contributed by atoms with Crippen molar-refractivity contribution in [3.05, 3.63) is 17.8 Å². The summed E-state index contributed by atoms with van der Waals surface area (Å²) in [7, 11) is 0. The smallest absolute Gasteiger partial charge is 0.387 e. The van der Waals surface area contributed by atoms with Gasteiger partial charge in [-0.05, 0) is 18.1 Å². The second-order valence-electron chi connectivity index (χ2n) is 3.15. The molecule has 0 radical (unpaired) electrons. The third-order valence-corrected chi connectivity index (χ3v) is 1.72. The average molecular weight is 202 g/mol. The molecule has 0 saturated heterocycles. The number of halogens is 2. The Morgan fingerprint density at radius 3 is 2.43 bits per heavy atom. The number of nitrogens with two attached hydrogens (primary N) is 1. The Hall–Kier alpha value is -1.39. The molecule has 1 heterocycles. The molecular weight excluding hydrogens is 190 g/mol. The average Bonchev–Trinajstić information content (AvgIpc) is 2.07. The van der Waals surface area contributed by atoms with Gasteiger partial charge >= 0.3 is 6.61 Å². The van der Waals surface area contributed by atoms with Gasteiger partial charge in [-0.2, -0.15) is 8.78 Å². The van der Waals surface area contributed by atoms with Crippen molar-refractivity contribution in [2.75, 3.05) is 5.73 Å². The van der Waals surface area contributed by atoms with E-state index in [9.17, 15) is 8.78 Å². The highest BCUT2D eigenvalue weighted by molar-refractivity contribution is 5.46. The Kier molecular flexibility index (Phi) is 3.22. The molecule has 0 bridgehead atoms. The maximum atomic E-state index is 11.9. The van der Waals surface area contributed by atoms with Gasteiger partial charge in [0.15, 0.2) is 11.6 Å². The predicted octanol–water partition coefficient (Wildman–Crippen LogP) is 2.39. The minimum atomic E-state index is -2.87. The van der Waals surface area contributed by atoms with E-state index in [2.05, 4.69) is 9.72 Å². The van der Waals surface area contributed by atoms with E-state index in [1.165, 1.54) is 6.07 Å². The number of pyridine rings is 1. The SMILES string of the molecule is CC(C)c1ccc(OC(F)F)c(N)n1. The van der Waals surface area contributed by atoms with Crippen LogP contribution in [0.3, 0.4) is 0 Å². The zero-order chi connectivity index (χ0) is 10.7. The summed E-state index contributed by atoms with van der Waals surface area (Å²) in [5.74, 6) is 0.124. The van der Waals surface area contributed by atoms with Crippen LogP contribution < -0.4 is 10.5 Å². The number of alkyl halides is 2. The van der Waals surface area contributed by atoms with Crippen LogP contribution in [0.1, 0.15) is 25.5 Å². The molecule has 0 aliphatic rings. The Balaban J connectivity index is 2.90. The first kappa shape index (κ1) is 10.7. The number of ether oxygens (including phenoxy) is 1. The third kappa shape index (κ3) is 2.55. The lowest BCUT2D eigenvalue weighted by molar-refractivity contribution is -0.0495. The summed E-state index contributed by atoms with van der Waals surface area (Å²) in [5, 5.41) is 0. The standard InChI is InChI=1S/C9H12F2N2O/c1-5(2)6-3-4-7(8(12)13-6)14-9(10)11/h3-5,9H,1-2H3,(H2,12,13). The Labute approximate surface area is 80.9 Å². The Morgan fingerprint density at radius 1 is 1.36 bits per heavy atom. The molecule has 0 saturated carbocycles.